The number of furan rings is 1. The number of rotatable bonds is 11. The predicted octanol–water partition coefficient (Wildman–Crippen LogP) is 3.60. The molecule has 2 amide bonds. The summed E-state index contributed by atoms with van der Waals surface area (Å²) in [5.74, 6) is 0.591. The minimum atomic E-state index is -0.572. The molecule has 0 unspecified atom stereocenters. The molecule has 0 radical (unpaired) electrons. The first kappa shape index (κ1) is 22.9. The number of fused-ring (bicyclic) bond motifs is 1. The van der Waals surface area contributed by atoms with E-state index < -0.39 is 6.04 Å². The topological polar surface area (TPSA) is 74.6 Å². The minimum Gasteiger partial charge on any atom is -0.460 e. The fraction of sp³-hybridized carbons (Fsp3) is 0.565. The number of carbonyl (C=O) groups excluding carboxylic acids is 2. The van der Waals surface area contributed by atoms with Gasteiger partial charge < -0.3 is 20.0 Å². The summed E-state index contributed by atoms with van der Waals surface area (Å²) >= 11 is 0. The predicted molar refractivity (Wildman–Crippen MR) is 117 cm³/mol. The molecular formula is C23H35N3O3. The van der Waals surface area contributed by atoms with Gasteiger partial charge in [0.15, 0.2) is 0 Å². The first-order chi connectivity index (χ1) is 13.8. The molecule has 2 rings (SSSR count). The third kappa shape index (κ3) is 6.60. The maximum atomic E-state index is 13.2. The van der Waals surface area contributed by atoms with E-state index in [0.717, 1.165) is 24.8 Å². The number of benzene rings is 1. The lowest BCUT2D eigenvalue weighted by Gasteiger charge is -2.21. The van der Waals surface area contributed by atoms with E-state index in [-0.39, 0.29) is 17.7 Å². The van der Waals surface area contributed by atoms with E-state index in [0.29, 0.717) is 36.3 Å². The Bertz CT molecular complexity index is 811. The van der Waals surface area contributed by atoms with Crippen molar-refractivity contribution < 1.29 is 14.0 Å². The van der Waals surface area contributed by atoms with Gasteiger partial charge in [0.1, 0.15) is 17.4 Å². The van der Waals surface area contributed by atoms with Crippen molar-refractivity contribution in [3.05, 3.63) is 35.6 Å². The summed E-state index contributed by atoms with van der Waals surface area (Å²) in [5.41, 5.74) is 1.27. The SMILES string of the molecule is CCCCc1oc2ccccc2c1C(=O)N[C@@H](CC(C)C)C(=O)NCCN(C)C. The monoisotopic (exact) mass is 401 g/mol. The molecule has 6 heteroatoms. The second kappa shape index (κ2) is 11.0. The molecule has 0 saturated carbocycles. The van der Waals surface area contributed by atoms with Gasteiger partial charge in [0.2, 0.25) is 5.91 Å². The average Bonchev–Trinajstić information content (AvgIpc) is 3.03. The van der Waals surface area contributed by atoms with Crippen LogP contribution in [0.5, 0.6) is 0 Å². The number of unbranched alkanes of at least 4 members (excludes halogenated alkanes) is 1. The molecule has 0 aliphatic rings. The maximum Gasteiger partial charge on any atom is 0.256 e. The minimum absolute atomic E-state index is 0.142. The highest BCUT2D eigenvalue weighted by atomic mass is 16.3. The molecule has 0 bridgehead atoms. The van der Waals surface area contributed by atoms with Crippen LogP contribution < -0.4 is 10.6 Å². The van der Waals surface area contributed by atoms with Gasteiger partial charge in [-0.05, 0) is 38.9 Å². The van der Waals surface area contributed by atoms with Crippen LogP contribution in [0.1, 0.15) is 56.2 Å². The van der Waals surface area contributed by atoms with Crippen molar-refractivity contribution in [1.82, 2.24) is 15.5 Å². The third-order valence-corrected chi connectivity index (χ3v) is 4.84. The van der Waals surface area contributed by atoms with Crippen LogP contribution in [0.4, 0.5) is 0 Å². The van der Waals surface area contributed by atoms with Crippen LogP contribution in [0.15, 0.2) is 28.7 Å². The van der Waals surface area contributed by atoms with Crippen molar-refractivity contribution in [1.29, 1.82) is 0 Å². The molecule has 2 aromatic rings. The molecular weight excluding hydrogens is 366 g/mol. The van der Waals surface area contributed by atoms with E-state index >= 15 is 0 Å². The Labute approximate surface area is 174 Å². The molecule has 6 nitrogen and oxygen atoms in total. The van der Waals surface area contributed by atoms with E-state index in [1.807, 2.05) is 57.1 Å². The number of hydrogen-bond donors (Lipinski definition) is 2. The Balaban J connectivity index is 2.22. The number of carbonyl (C=O) groups is 2. The quantitative estimate of drug-likeness (QED) is 0.603. The summed E-state index contributed by atoms with van der Waals surface area (Å²) in [6.45, 7) is 7.51. The number of para-hydroxylation sites is 1. The molecule has 1 aromatic heterocycles. The lowest BCUT2D eigenvalue weighted by atomic mass is 10.0. The van der Waals surface area contributed by atoms with E-state index in [1.54, 1.807) is 0 Å². The van der Waals surface area contributed by atoms with Crippen molar-refractivity contribution in [3.8, 4) is 0 Å². The van der Waals surface area contributed by atoms with Crippen LogP contribution in [0.3, 0.4) is 0 Å². The van der Waals surface area contributed by atoms with Gasteiger partial charge in [-0.15, -0.1) is 0 Å². The molecule has 0 aliphatic heterocycles. The van der Waals surface area contributed by atoms with Crippen LogP contribution in [-0.4, -0.2) is 49.9 Å². The van der Waals surface area contributed by atoms with E-state index in [4.69, 9.17) is 4.42 Å². The molecule has 0 spiro atoms. The molecule has 160 valence electrons. The summed E-state index contributed by atoms with van der Waals surface area (Å²) in [4.78, 5) is 27.9. The highest BCUT2D eigenvalue weighted by molar-refractivity contribution is 6.08. The number of nitrogens with one attached hydrogen (secondary N) is 2. The van der Waals surface area contributed by atoms with Crippen molar-refractivity contribution in [2.75, 3.05) is 27.2 Å². The highest BCUT2D eigenvalue weighted by Gasteiger charge is 2.26. The van der Waals surface area contributed by atoms with Crippen LogP contribution in [0.25, 0.3) is 11.0 Å². The van der Waals surface area contributed by atoms with Crippen molar-refractivity contribution in [2.45, 2.75) is 52.5 Å². The zero-order valence-electron chi connectivity index (χ0n) is 18.4. The summed E-state index contributed by atoms with van der Waals surface area (Å²) in [5, 5.41) is 6.71. The lowest BCUT2D eigenvalue weighted by molar-refractivity contribution is -0.123. The van der Waals surface area contributed by atoms with Crippen LogP contribution in [0.2, 0.25) is 0 Å². The fourth-order valence-electron chi connectivity index (χ4n) is 3.32. The van der Waals surface area contributed by atoms with Gasteiger partial charge in [0.05, 0.1) is 5.56 Å². The average molecular weight is 402 g/mol. The number of aryl methyl sites for hydroxylation is 1. The van der Waals surface area contributed by atoms with Gasteiger partial charge >= 0.3 is 0 Å². The largest absolute Gasteiger partial charge is 0.460 e. The van der Waals surface area contributed by atoms with Crippen molar-refractivity contribution >= 4 is 22.8 Å². The summed E-state index contributed by atoms with van der Waals surface area (Å²) in [6.07, 6.45) is 3.25. The standard InChI is InChI=1S/C23H35N3O3/c1-6-7-11-20-21(17-10-8-9-12-19(17)29-20)23(28)25-18(15-16(2)3)22(27)24-13-14-26(4)5/h8-10,12,16,18H,6-7,11,13-15H2,1-5H3,(H,24,27)(H,25,28)/t18-/m0/s1. The van der Waals surface area contributed by atoms with Crippen LogP contribution >= 0.6 is 0 Å². The molecule has 1 heterocycles. The zero-order chi connectivity index (χ0) is 21.4. The first-order valence-electron chi connectivity index (χ1n) is 10.6. The molecule has 2 N–H and O–H groups in total. The Morgan fingerprint density at radius 2 is 1.90 bits per heavy atom. The second-order valence-electron chi connectivity index (χ2n) is 8.25. The molecule has 29 heavy (non-hydrogen) atoms. The third-order valence-electron chi connectivity index (χ3n) is 4.84. The first-order valence-corrected chi connectivity index (χ1v) is 10.6. The summed E-state index contributed by atoms with van der Waals surface area (Å²) in [6, 6.07) is 7.01. The van der Waals surface area contributed by atoms with Gasteiger partial charge in [0.25, 0.3) is 5.91 Å². The van der Waals surface area contributed by atoms with E-state index in [2.05, 4.69) is 17.6 Å². The molecule has 1 atom stereocenters. The smallest absolute Gasteiger partial charge is 0.256 e. The van der Waals surface area contributed by atoms with Crippen molar-refractivity contribution in [2.24, 2.45) is 5.92 Å². The van der Waals surface area contributed by atoms with E-state index in [9.17, 15) is 9.59 Å². The number of amides is 2. The second-order valence-corrected chi connectivity index (χ2v) is 8.25. The molecule has 0 fully saturated rings. The fourth-order valence-corrected chi connectivity index (χ4v) is 3.32. The van der Waals surface area contributed by atoms with Gasteiger partial charge in [0, 0.05) is 24.9 Å². The Kier molecular flexibility index (Phi) is 8.70. The number of likely N-dealkylation sites (N-methyl/N-ethyl adjacent to an activating group) is 1. The molecule has 0 saturated heterocycles. The lowest BCUT2D eigenvalue weighted by Crippen LogP contribution is -2.48. The van der Waals surface area contributed by atoms with Crippen molar-refractivity contribution in [3.63, 3.8) is 0 Å². The van der Waals surface area contributed by atoms with Gasteiger partial charge in [-0.3, -0.25) is 9.59 Å². The molecule has 0 aliphatic carbocycles. The summed E-state index contributed by atoms with van der Waals surface area (Å²) in [7, 11) is 3.92. The van der Waals surface area contributed by atoms with Crippen LogP contribution in [-0.2, 0) is 11.2 Å². The maximum absolute atomic E-state index is 13.2. The van der Waals surface area contributed by atoms with Crippen LogP contribution in [0, 0.1) is 5.92 Å². The Morgan fingerprint density at radius 3 is 2.55 bits per heavy atom. The Hall–Kier alpha value is -2.34. The van der Waals surface area contributed by atoms with Gasteiger partial charge in [-0.2, -0.15) is 0 Å². The highest BCUT2D eigenvalue weighted by Crippen LogP contribution is 2.27. The zero-order valence-corrected chi connectivity index (χ0v) is 18.4. The number of hydrogen-bond acceptors (Lipinski definition) is 4. The Morgan fingerprint density at radius 1 is 1.17 bits per heavy atom. The molecule has 1 aromatic carbocycles. The summed E-state index contributed by atoms with van der Waals surface area (Å²) < 4.78 is 5.97. The van der Waals surface area contributed by atoms with Gasteiger partial charge in [-0.25, -0.2) is 0 Å². The van der Waals surface area contributed by atoms with E-state index in [1.165, 1.54) is 0 Å². The normalized spacial score (nSPS) is 12.5. The van der Waals surface area contributed by atoms with Gasteiger partial charge in [-0.1, -0.05) is 45.4 Å². The number of nitrogens with zero attached hydrogens (tertiary/aromatic N) is 1.